The number of aliphatic imine (C=N–C) groups is 1. The monoisotopic (exact) mass is 309 g/mol. The van der Waals surface area contributed by atoms with Crippen LogP contribution in [0.25, 0.3) is 11.0 Å². The fraction of sp³-hybridized carbons (Fsp3) is 0.308. The summed E-state index contributed by atoms with van der Waals surface area (Å²) in [5.41, 5.74) is 1.69. The molecular weight excluding hydrogens is 298 g/mol. The molecule has 2 rings (SSSR count). The molecule has 0 saturated carbocycles. The van der Waals surface area contributed by atoms with E-state index in [-0.39, 0.29) is 0 Å². The number of thiocarbonyl (C=S) groups is 1. The van der Waals surface area contributed by atoms with Crippen LogP contribution >= 0.6 is 23.8 Å². The molecule has 0 spiro atoms. The van der Waals surface area contributed by atoms with E-state index in [1.54, 1.807) is 12.1 Å². The maximum Gasteiger partial charge on any atom is 0.419 e. The van der Waals surface area contributed by atoms with Gasteiger partial charge in [0.2, 0.25) is 0 Å². The summed E-state index contributed by atoms with van der Waals surface area (Å²) in [4.78, 5) is 20.2. The number of carbonyl (C=O) groups is 1. The molecular formula is C13H12ClN3O2S. The zero-order valence-corrected chi connectivity index (χ0v) is 12.6. The molecule has 2 aromatic rings. The Balaban J connectivity index is 2.74. The molecule has 1 heterocycles. The van der Waals surface area contributed by atoms with Crippen molar-refractivity contribution in [3.63, 3.8) is 0 Å². The van der Waals surface area contributed by atoms with Gasteiger partial charge in [-0.3, -0.25) is 0 Å². The van der Waals surface area contributed by atoms with Gasteiger partial charge in [-0.15, -0.1) is 0 Å². The van der Waals surface area contributed by atoms with E-state index in [0.29, 0.717) is 34.0 Å². The Morgan fingerprint density at radius 3 is 2.95 bits per heavy atom. The molecule has 0 amide bonds. The molecule has 20 heavy (non-hydrogen) atoms. The molecule has 0 N–H and O–H groups in total. The third-order valence-corrected chi connectivity index (χ3v) is 3.18. The van der Waals surface area contributed by atoms with E-state index < -0.39 is 6.09 Å². The maximum atomic E-state index is 11.9. The second kappa shape index (κ2) is 6.13. The summed E-state index contributed by atoms with van der Waals surface area (Å²) < 4.78 is 6.22. The van der Waals surface area contributed by atoms with Crippen molar-refractivity contribution in [1.29, 1.82) is 0 Å². The summed E-state index contributed by atoms with van der Waals surface area (Å²) in [6.07, 6.45) is 1.03. The molecule has 0 aliphatic heterocycles. The molecule has 0 atom stereocenters. The van der Waals surface area contributed by atoms with E-state index in [0.717, 1.165) is 6.42 Å². The number of aryl methyl sites for hydroxylation is 1. The summed E-state index contributed by atoms with van der Waals surface area (Å²) >= 11 is 10.7. The van der Waals surface area contributed by atoms with Gasteiger partial charge < -0.3 is 4.74 Å². The number of aromatic nitrogens is 2. The van der Waals surface area contributed by atoms with Gasteiger partial charge in [-0.1, -0.05) is 18.5 Å². The second-order valence-electron chi connectivity index (χ2n) is 4.08. The minimum absolute atomic E-state index is 0.378. The van der Waals surface area contributed by atoms with Crippen LogP contribution in [0, 0.1) is 0 Å². The number of hydrogen-bond acceptors (Lipinski definition) is 5. The number of fused-ring (bicyclic) bond motifs is 1. The average Bonchev–Trinajstić information content (AvgIpc) is 2.76. The highest BCUT2D eigenvalue weighted by atomic mass is 35.5. The summed E-state index contributed by atoms with van der Waals surface area (Å²) in [5.74, 6) is 0.633. The first-order valence-electron chi connectivity index (χ1n) is 5.99. The van der Waals surface area contributed by atoms with Gasteiger partial charge in [0.1, 0.15) is 5.82 Å². The first-order valence-corrected chi connectivity index (χ1v) is 6.78. The van der Waals surface area contributed by atoms with Crippen LogP contribution in [-0.4, -0.2) is 27.9 Å². The minimum Gasteiger partial charge on any atom is -0.452 e. The molecule has 104 valence electrons. The molecule has 1 aromatic heterocycles. The van der Waals surface area contributed by atoms with Crippen LogP contribution in [0.5, 0.6) is 0 Å². The van der Waals surface area contributed by atoms with E-state index in [2.05, 4.69) is 27.4 Å². The molecule has 7 heteroatoms. The molecule has 0 aliphatic rings. The highest BCUT2D eigenvalue weighted by Gasteiger charge is 2.18. The smallest absolute Gasteiger partial charge is 0.419 e. The normalized spacial score (nSPS) is 10.3. The summed E-state index contributed by atoms with van der Waals surface area (Å²) in [6.45, 7) is 2.01. The van der Waals surface area contributed by atoms with E-state index in [1.165, 1.54) is 11.7 Å². The number of isothiocyanates is 1. The second-order valence-corrected chi connectivity index (χ2v) is 4.67. The van der Waals surface area contributed by atoms with Gasteiger partial charge in [-0.25, -0.2) is 14.3 Å². The third kappa shape index (κ3) is 2.58. The van der Waals surface area contributed by atoms with Crippen LogP contribution in [0.3, 0.4) is 0 Å². The molecule has 1 aromatic carbocycles. The fourth-order valence-electron chi connectivity index (χ4n) is 1.96. The Bertz CT molecular complexity index is 720. The van der Waals surface area contributed by atoms with Crippen molar-refractivity contribution in [2.45, 2.75) is 19.8 Å². The standard InChI is InChI=1S/C13H12ClN3O2S/c1-3-4-12-16-10-6-9(15-7-20)8(14)5-11(10)17(12)13(18)19-2/h5-6H,3-4H2,1-2H3. The van der Waals surface area contributed by atoms with E-state index >= 15 is 0 Å². The van der Waals surface area contributed by atoms with Crippen molar-refractivity contribution in [3.05, 3.63) is 23.0 Å². The Morgan fingerprint density at radius 2 is 2.35 bits per heavy atom. The molecule has 0 saturated heterocycles. The lowest BCUT2D eigenvalue weighted by Gasteiger charge is -2.05. The van der Waals surface area contributed by atoms with Gasteiger partial charge in [-0.2, -0.15) is 4.99 Å². The van der Waals surface area contributed by atoms with Crippen LogP contribution < -0.4 is 0 Å². The van der Waals surface area contributed by atoms with Crippen molar-refractivity contribution in [3.8, 4) is 0 Å². The lowest BCUT2D eigenvalue weighted by atomic mass is 10.3. The summed E-state index contributed by atoms with van der Waals surface area (Å²) in [6, 6.07) is 3.31. The number of rotatable bonds is 3. The van der Waals surface area contributed by atoms with Crippen LogP contribution in [0.4, 0.5) is 10.5 Å². The van der Waals surface area contributed by atoms with Gasteiger partial charge in [0.25, 0.3) is 0 Å². The Hall–Kier alpha value is -1.75. The quantitative estimate of drug-likeness (QED) is 0.635. The lowest BCUT2D eigenvalue weighted by molar-refractivity contribution is 0.173. The van der Waals surface area contributed by atoms with Crippen molar-refractivity contribution in [2.24, 2.45) is 4.99 Å². The van der Waals surface area contributed by atoms with Crippen molar-refractivity contribution in [2.75, 3.05) is 7.11 Å². The molecule has 5 nitrogen and oxygen atoms in total. The van der Waals surface area contributed by atoms with E-state index in [4.69, 9.17) is 16.3 Å². The zero-order valence-electron chi connectivity index (χ0n) is 11.0. The topological polar surface area (TPSA) is 56.5 Å². The molecule has 0 bridgehead atoms. The third-order valence-electron chi connectivity index (χ3n) is 2.79. The summed E-state index contributed by atoms with van der Waals surface area (Å²) in [7, 11) is 1.33. The first kappa shape index (κ1) is 14.7. The minimum atomic E-state index is -0.488. The number of carbonyl (C=O) groups excluding carboxylic acids is 1. The van der Waals surface area contributed by atoms with Gasteiger partial charge in [-0.05, 0) is 30.8 Å². The Morgan fingerprint density at radius 1 is 1.60 bits per heavy atom. The van der Waals surface area contributed by atoms with Crippen molar-refractivity contribution < 1.29 is 9.53 Å². The predicted molar refractivity (Wildman–Crippen MR) is 81.2 cm³/mol. The average molecular weight is 310 g/mol. The molecule has 0 radical (unpaired) electrons. The molecule has 0 aliphatic carbocycles. The first-order chi connectivity index (χ1) is 9.62. The zero-order chi connectivity index (χ0) is 14.7. The van der Waals surface area contributed by atoms with Crippen LogP contribution in [0.15, 0.2) is 17.1 Å². The molecule has 0 fully saturated rings. The number of benzene rings is 1. The highest BCUT2D eigenvalue weighted by molar-refractivity contribution is 7.78. The van der Waals surface area contributed by atoms with Crippen molar-refractivity contribution in [1.82, 2.24) is 9.55 Å². The Labute approximate surface area is 126 Å². The van der Waals surface area contributed by atoms with Crippen molar-refractivity contribution >= 4 is 51.8 Å². The number of nitrogens with zero attached hydrogens (tertiary/aromatic N) is 3. The number of imidazole rings is 1. The Kier molecular flexibility index (Phi) is 4.49. The van der Waals surface area contributed by atoms with Crippen LogP contribution in [0.1, 0.15) is 19.2 Å². The number of hydrogen-bond donors (Lipinski definition) is 0. The fourth-order valence-corrected chi connectivity index (χ4v) is 2.26. The largest absolute Gasteiger partial charge is 0.452 e. The highest BCUT2D eigenvalue weighted by Crippen LogP contribution is 2.30. The SMILES string of the molecule is CCCc1nc2cc(N=C=S)c(Cl)cc2n1C(=O)OC. The van der Waals surface area contributed by atoms with Gasteiger partial charge >= 0.3 is 6.09 Å². The number of methoxy groups -OCH3 is 1. The van der Waals surface area contributed by atoms with Gasteiger partial charge in [0.15, 0.2) is 0 Å². The van der Waals surface area contributed by atoms with Gasteiger partial charge in [0.05, 0.1) is 34.0 Å². The van der Waals surface area contributed by atoms with E-state index in [1.807, 2.05) is 6.92 Å². The summed E-state index contributed by atoms with van der Waals surface area (Å²) in [5, 5.41) is 2.65. The maximum absolute atomic E-state index is 11.9. The predicted octanol–water partition coefficient (Wildman–Crippen LogP) is 3.99. The molecule has 0 unspecified atom stereocenters. The van der Waals surface area contributed by atoms with Crippen LogP contribution in [-0.2, 0) is 11.2 Å². The van der Waals surface area contributed by atoms with E-state index in [9.17, 15) is 4.79 Å². The number of ether oxygens (including phenoxy) is 1. The van der Waals surface area contributed by atoms with Crippen LogP contribution in [0.2, 0.25) is 5.02 Å². The van der Waals surface area contributed by atoms with Gasteiger partial charge in [0, 0.05) is 6.42 Å². The number of halogens is 1. The lowest BCUT2D eigenvalue weighted by Crippen LogP contribution is -2.14.